The molecule has 2 N–H and O–H groups in total. The molecule has 1 saturated heterocycles. The smallest absolute Gasteiger partial charge is 0.121 e. The monoisotopic (exact) mass is 235 g/mol. The molecular weight excluding hydrogens is 214 g/mol. The van der Waals surface area contributed by atoms with Crippen LogP contribution in [-0.2, 0) is 10.2 Å². The van der Waals surface area contributed by atoms with Gasteiger partial charge in [-0.1, -0.05) is 12.1 Å². The average molecular weight is 235 g/mol. The topological polar surface area (TPSA) is 44.5 Å². The molecule has 0 unspecified atom stereocenters. The van der Waals surface area contributed by atoms with Gasteiger partial charge in [0.05, 0.1) is 20.3 Å². The molecule has 1 aliphatic heterocycles. The lowest BCUT2D eigenvalue weighted by Gasteiger charge is -2.42. The van der Waals surface area contributed by atoms with Gasteiger partial charge in [-0.05, 0) is 43.5 Å². The molecule has 1 aromatic rings. The molecule has 0 radical (unpaired) electrons. The fraction of sp³-hybridized carbons (Fsp3) is 0.571. The molecule has 1 aromatic carbocycles. The second-order valence-corrected chi connectivity index (χ2v) is 4.85. The summed E-state index contributed by atoms with van der Waals surface area (Å²) in [6.45, 7) is 4.47. The fourth-order valence-corrected chi connectivity index (χ4v) is 2.45. The average Bonchev–Trinajstić information content (AvgIpc) is 2.28. The Balaban J connectivity index is 2.22. The van der Waals surface area contributed by atoms with Gasteiger partial charge in [-0.2, -0.15) is 0 Å². The van der Waals surface area contributed by atoms with Crippen LogP contribution < -0.4 is 10.5 Å². The summed E-state index contributed by atoms with van der Waals surface area (Å²) in [7, 11) is 1.71. The van der Waals surface area contributed by atoms with Crippen LogP contribution in [0.4, 0.5) is 0 Å². The summed E-state index contributed by atoms with van der Waals surface area (Å²) in [6.07, 6.45) is 2.16. The molecule has 17 heavy (non-hydrogen) atoms. The van der Waals surface area contributed by atoms with E-state index in [0.717, 1.165) is 38.3 Å². The molecule has 3 heteroatoms. The summed E-state index contributed by atoms with van der Waals surface area (Å²) in [5.41, 5.74) is 8.34. The molecule has 0 aromatic heterocycles. The molecule has 0 aliphatic carbocycles. The number of rotatable bonds is 5. The van der Waals surface area contributed by atoms with Crippen LogP contribution in [0.5, 0.6) is 5.75 Å². The number of benzene rings is 1. The van der Waals surface area contributed by atoms with Gasteiger partial charge in [-0.3, -0.25) is 0 Å². The van der Waals surface area contributed by atoms with Crippen molar-refractivity contribution in [3.05, 3.63) is 29.3 Å². The van der Waals surface area contributed by atoms with Gasteiger partial charge in [0.2, 0.25) is 0 Å². The van der Waals surface area contributed by atoms with E-state index in [0.29, 0.717) is 0 Å². The molecule has 0 amide bonds. The minimum atomic E-state index is 0.191. The van der Waals surface area contributed by atoms with Crippen molar-refractivity contribution in [2.75, 3.05) is 26.9 Å². The Morgan fingerprint density at radius 3 is 2.65 bits per heavy atom. The summed E-state index contributed by atoms with van der Waals surface area (Å²) < 4.78 is 10.7. The van der Waals surface area contributed by atoms with Gasteiger partial charge in [0.1, 0.15) is 5.75 Å². The van der Waals surface area contributed by atoms with Crippen molar-refractivity contribution in [2.45, 2.75) is 25.2 Å². The zero-order chi connectivity index (χ0) is 12.3. The van der Waals surface area contributed by atoms with Crippen molar-refractivity contribution >= 4 is 0 Å². The van der Waals surface area contributed by atoms with Crippen LogP contribution in [0.3, 0.4) is 0 Å². The van der Waals surface area contributed by atoms with Crippen LogP contribution in [0.15, 0.2) is 18.2 Å². The maximum atomic E-state index is 5.61. The highest BCUT2D eigenvalue weighted by atomic mass is 16.5. The maximum absolute atomic E-state index is 5.61. The highest BCUT2D eigenvalue weighted by Gasteiger charge is 2.39. The minimum absolute atomic E-state index is 0.191. The molecule has 1 aliphatic rings. The lowest BCUT2D eigenvalue weighted by molar-refractivity contribution is -0.0649. The van der Waals surface area contributed by atoms with Crippen molar-refractivity contribution in [2.24, 2.45) is 5.73 Å². The zero-order valence-corrected chi connectivity index (χ0v) is 10.7. The maximum Gasteiger partial charge on any atom is 0.121 e. The largest absolute Gasteiger partial charge is 0.496 e. The van der Waals surface area contributed by atoms with Crippen molar-refractivity contribution in [1.82, 2.24) is 0 Å². The van der Waals surface area contributed by atoms with E-state index in [2.05, 4.69) is 19.1 Å². The van der Waals surface area contributed by atoms with Crippen LogP contribution in [0, 0.1) is 6.92 Å². The Labute approximate surface area is 103 Å². The third-order valence-corrected chi connectivity index (χ3v) is 3.62. The van der Waals surface area contributed by atoms with E-state index >= 15 is 0 Å². The minimum Gasteiger partial charge on any atom is -0.496 e. The van der Waals surface area contributed by atoms with E-state index in [-0.39, 0.29) is 5.41 Å². The predicted octanol–water partition coefficient (Wildman–Crippen LogP) is 2.01. The Kier molecular flexibility index (Phi) is 3.69. The summed E-state index contributed by atoms with van der Waals surface area (Å²) in [6, 6.07) is 6.43. The van der Waals surface area contributed by atoms with Gasteiger partial charge in [-0.15, -0.1) is 0 Å². The van der Waals surface area contributed by atoms with Gasteiger partial charge < -0.3 is 15.2 Å². The summed E-state index contributed by atoms with van der Waals surface area (Å²) in [5.74, 6) is 0.947. The molecule has 94 valence electrons. The Morgan fingerprint density at radius 1 is 1.41 bits per heavy atom. The molecule has 0 saturated carbocycles. The predicted molar refractivity (Wildman–Crippen MR) is 68.5 cm³/mol. The molecule has 1 heterocycles. The highest BCUT2D eigenvalue weighted by Crippen LogP contribution is 2.38. The third kappa shape index (κ3) is 2.31. The second-order valence-electron chi connectivity index (χ2n) is 4.85. The van der Waals surface area contributed by atoms with Crippen LogP contribution in [0.1, 0.15) is 24.0 Å². The second kappa shape index (κ2) is 5.07. The molecule has 0 bridgehead atoms. The Bertz CT molecular complexity index is 386. The van der Waals surface area contributed by atoms with Crippen LogP contribution in [0.2, 0.25) is 0 Å². The van der Waals surface area contributed by atoms with Gasteiger partial charge in [0, 0.05) is 5.41 Å². The first-order chi connectivity index (χ1) is 8.22. The highest BCUT2D eigenvalue weighted by molar-refractivity contribution is 5.40. The molecular formula is C14H21NO2. The van der Waals surface area contributed by atoms with Crippen LogP contribution in [0.25, 0.3) is 0 Å². The molecule has 0 atom stereocenters. The van der Waals surface area contributed by atoms with E-state index < -0.39 is 0 Å². The number of methoxy groups -OCH3 is 1. The zero-order valence-electron chi connectivity index (χ0n) is 10.7. The van der Waals surface area contributed by atoms with Crippen LogP contribution >= 0.6 is 0 Å². The van der Waals surface area contributed by atoms with E-state index in [1.54, 1.807) is 7.11 Å². The van der Waals surface area contributed by atoms with Gasteiger partial charge in [0.15, 0.2) is 0 Å². The summed E-state index contributed by atoms with van der Waals surface area (Å²) in [4.78, 5) is 0. The molecule has 3 nitrogen and oxygen atoms in total. The molecule has 2 rings (SSSR count). The third-order valence-electron chi connectivity index (χ3n) is 3.62. The first kappa shape index (κ1) is 12.4. The van der Waals surface area contributed by atoms with Gasteiger partial charge in [-0.25, -0.2) is 0 Å². The van der Waals surface area contributed by atoms with E-state index in [9.17, 15) is 0 Å². The summed E-state index contributed by atoms with van der Waals surface area (Å²) >= 11 is 0. The van der Waals surface area contributed by atoms with Crippen molar-refractivity contribution < 1.29 is 9.47 Å². The fourth-order valence-electron chi connectivity index (χ4n) is 2.45. The number of ether oxygens (including phenoxy) is 2. The van der Waals surface area contributed by atoms with Gasteiger partial charge >= 0.3 is 0 Å². The quantitative estimate of drug-likeness (QED) is 0.849. The normalized spacial score (nSPS) is 17.6. The van der Waals surface area contributed by atoms with E-state index in [1.807, 2.05) is 6.07 Å². The Morgan fingerprint density at radius 2 is 2.18 bits per heavy atom. The van der Waals surface area contributed by atoms with Crippen molar-refractivity contribution in [3.8, 4) is 5.75 Å². The van der Waals surface area contributed by atoms with Crippen molar-refractivity contribution in [3.63, 3.8) is 0 Å². The lowest BCUT2D eigenvalue weighted by atomic mass is 9.74. The standard InChI is InChI=1S/C14H21NO2/c1-11-8-12(4-5-13(11)16-2)14(6-3-7-15)9-17-10-14/h4-5,8H,3,6-7,9-10,15H2,1-2H3. The van der Waals surface area contributed by atoms with Crippen LogP contribution in [-0.4, -0.2) is 26.9 Å². The molecule has 0 spiro atoms. The summed E-state index contributed by atoms with van der Waals surface area (Å²) in [5, 5.41) is 0. The number of aryl methyl sites for hydroxylation is 1. The van der Waals surface area contributed by atoms with E-state index in [4.69, 9.17) is 15.2 Å². The number of nitrogens with two attached hydrogens (primary N) is 1. The lowest BCUT2D eigenvalue weighted by Crippen LogP contribution is -2.47. The Hall–Kier alpha value is -1.06. The van der Waals surface area contributed by atoms with Crippen molar-refractivity contribution in [1.29, 1.82) is 0 Å². The first-order valence-corrected chi connectivity index (χ1v) is 6.15. The van der Waals surface area contributed by atoms with Gasteiger partial charge in [0.25, 0.3) is 0 Å². The SMILES string of the molecule is COc1ccc(C2(CCCN)COC2)cc1C. The first-order valence-electron chi connectivity index (χ1n) is 6.15. The van der Waals surface area contributed by atoms with E-state index in [1.165, 1.54) is 11.1 Å². The number of hydrogen-bond acceptors (Lipinski definition) is 3. The molecule has 1 fully saturated rings. The number of hydrogen-bond donors (Lipinski definition) is 1.